The molecule has 4 aromatic rings. The van der Waals surface area contributed by atoms with Gasteiger partial charge in [0.2, 0.25) is 0 Å². The van der Waals surface area contributed by atoms with Gasteiger partial charge in [-0.2, -0.15) is 5.10 Å². The molecule has 9 heteroatoms. The lowest BCUT2D eigenvalue weighted by Gasteiger charge is -2.17. The average molecular weight is 420 g/mol. The first kappa shape index (κ1) is 18.2. The number of anilines is 1. The lowest BCUT2D eigenvalue weighted by Crippen LogP contribution is -2.13. The molecule has 8 nitrogen and oxygen atoms in total. The smallest absolute Gasteiger partial charge is 0.171 e. The van der Waals surface area contributed by atoms with Crippen LogP contribution in [0.5, 0.6) is 11.5 Å². The fourth-order valence-electron chi connectivity index (χ4n) is 4.51. The van der Waals surface area contributed by atoms with Crippen molar-refractivity contribution in [3.8, 4) is 22.8 Å². The Morgan fingerprint density at radius 2 is 2.00 bits per heavy atom. The summed E-state index contributed by atoms with van der Waals surface area (Å²) in [7, 11) is 0. The van der Waals surface area contributed by atoms with Crippen LogP contribution in [0.2, 0.25) is 0 Å². The van der Waals surface area contributed by atoms with E-state index in [1.807, 2.05) is 21.2 Å². The number of ether oxygens (including phenoxy) is 2. The summed E-state index contributed by atoms with van der Waals surface area (Å²) in [5, 5.41) is 16.3. The lowest BCUT2D eigenvalue weighted by atomic mass is 9.96. The SMILES string of the molecule is CC(C)n1nccc1-c1cc2c(n3cnnc13)NCc1c(F)ccc3c1C(CO3)CO2. The van der Waals surface area contributed by atoms with Crippen LogP contribution in [0.4, 0.5) is 10.2 Å². The van der Waals surface area contributed by atoms with Gasteiger partial charge < -0.3 is 14.8 Å². The Kier molecular flexibility index (Phi) is 3.92. The molecule has 1 N–H and O–H groups in total. The van der Waals surface area contributed by atoms with Crippen molar-refractivity contribution in [1.29, 1.82) is 0 Å². The number of fused-ring (bicyclic) bond motifs is 3. The zero-order chi connectivity index (χ0) is 21.1. The minimum absolute atomic E-state index is 0.0327. The number of halogens is 1. The fraction of sp³-hybridized carbons (Fsp3) is 0.318. The van der Waals surface area contributed by atoms with Gasteiger partial charge in [0.25, 0.3) is 0 Å². The highest BCUT2D eigenvalue weighted by atomic mass is 19.1. The van der Waals surface area contributed by atoms with Crippen LogP contribution in [0, 0.1) is 5.82 Å². The van der Waals surface area contributed by atoms with E-state index in [1.54, 1.807) is 18.6 Å². The van der Waals surface area contributed by atoms with Crippen molar-refractivity contribution < 1.29 is 13.9 Å². The van der Waals surface area contributed by atoms with E-state index in [1.165, 1.54) is 6.07 Å². The molecule has 0 saturated carbocycles. The number of pyridine rings is 1. The molecule has 1 atom stereocenters. The second-order valence-electron chi connectivity index (χ2n) is 8.16. The van der Waals surface area contributed by atoms with Crippen molar-refractivity contribution >= 4 is 11.5 Å². The Bertz CT molecular complexity index is 1310. The highest BCUT2D eigenvalue weighted by molar-refractivity contribution is 5.80. The molecule has 3 aromatic heterocycles. The first-order chi connectivity index (χ1) is 15.1. The van der Waals surface area contributed by atoms with E-state index in [0.29, 0.717) is 42.5 Å². The third kappa shape index (κ3) is 2.69. The van der Waals surface area contributed by atoms with Gasteiger partial charge in [-0.15, -0.1) is 10.2 Å². The third-order valence-corrected chi connectivity index (χ3v) is 5.95. The van der Waals surface area contributed by atoms with Crippen LogP contribution in [0.3, 0.4) is 0 Å². The van der Waals surface area contributed by atoms with E-state index in [-0.39, 0.29) is 17.8 Å². The molecule has 5 heterocycles. The topological polar surface area (TPSA) is 78.5 Å². The Balaban J connectivity index is 1.52. The first-order valence-electron chi connectivity index (χ1n) is 10.3. The van der Waals surface area contributed by atoms with Crippen LogP contribution >= 0.6 is 0 Å². The van der Waals surface area contributed by atoms with Crippen LogP contribution in [0.25, 0.3) is 16.9 Å². The molecule has 6 rings (SSSR count). The molecule has 0 aliphatic carbocycles. The summed E-state index contributed by atoms with van der Waals surface area (Å²) >= 11 is 0. The van der Waals surface area contributed by atoms with Crippen molar-refractivity contribution in [2.75, 3.05) is 18.5 Å². The quantitative estimate of drug-likeness (QED) is 0.532. The van der Waals surface area contributed by atoms with Crippen LogP contribution < -0.4 is 14.8 Å². The predicted octanol–water partition coefficient (Wildman–Crippen LogP) is 3.79. The van der Waals surface area contributed by atoms with E-state index in [4.69, 9.17) is 9.47 Å². The highest BCUT2D eigenvalue weighted by Gasteiger charge is 2.31. The predicted molar refractivity (Wildman–Crippen MR) is 112 cm³/mol. The molecular weight excluding hydrogens is 399 g/mol. The standard InChI is InChI=1S/C22H21FN6O2/c1-12(2)29-17(5-6-26-29)14-7-19-22(28-11-25-27-21(14)28)24-8-15-16(23)3-4-18-20(15)13(9-30-18)10-31-19/h3-7,11-13,24H,8-10H2,1-2H3. The monoisotopic (exact) mass is 420 g/mol. The number of rotatable bonds is 2. The van der Waals surface area contributed by atoms with Gasteiger partial charge in [-0.1, -0.05) is 0 Å². The molecule has 31 heavy (non-hydrogen) atoms. The first-order valence-corrected chi connectivity index (χ1v) is 10.3. The fourth-order valence-corrected chi connectivity index (χ4v) is 4.51. The van der Waals surface area contributed by atoms with E-state index in [2.05, 4.69) is 34.5 Å². The van der Waals surface area contributed by atoms with Gasteiger partial charge in [-0.05, 0) is 38.1 Å². The van der Waals surface area contributed by atoms with E-state index in [9.17, 15) is 4.39 Å². The Labute approximate surface area is 177 Å². The lowest BCUT2D eigenvalue weighted by molar-refractivity contribution is 0.249. The molecule has 158 valence electrons. The van der Waals surface area contributed by atoms with Crippen molar-refractivity contribution in [1.82, 2.24) is 24.4 Å². The average Bonchev–Trinajstić information content (AvgIpc) is 3.50. The van der Waals surface area contributed by atoms with E-state index >= 15 is 0 Å². The van der Waals surface area contributed by atoms with Gasteiger partial charge in [-0.25, -0.2) is 4.39 Å². The van der Waals surface area contributed by atoms with Gasteiger partial charge in [-0.3, -0.25) is 9.08 Å². The molecule has 0 radical (unpaired) electrons. The normalized spacial score (nSPS) is 17.2. The number of aromatic nitrogens is 5. The number of benzene rings is 1. The molecule has 0 spiro atoms. The minimum Gasteiger partial charge on any atom is -0.493 e. The van der Waals surface area contributed by atoms with Crippen molar-refractivity contribution in [2.24, 2.45) is 0 Å². The van der Waals surface area contributed by atoms with Gasteiger partial charge in [0.15, 0.2) is 17.2 Å². The van der Waals surface area contributed by atoms with Crippen LogP contribution in [-0.2, 0) is 6.54 Å². The maximum absolute atomic E-state index is 14.7. The molecule has 0 bridgehead atoms. The maximum atomic E-state index is 14.7. The van der Waals surface area contributed by atoms with Crippen LogP contribution in [-0.4, -0.2) is 37.6 Å². The van der Waals surface area contributed by atoms with Gasteiger partial charge in [0, 0.05) is 35.5 Å². The van der Waals surface area contributed by atoms with E-state index < -0.39 is 0 Å². The van der Waals surface area contributed by atoms with Gasteiger partial charge in [0.05, 0.1) is 24.8 Å². The van der Waals surface area contributed by atoms with Crippen molar-refractivity contribution in [3.05, 3.63) is 53.7 Å². The summed E-state index contributed by atoms with van der Waals surface area (Å²) in [5.74, 6) is 1.80. The minimum atomic E-state index is -0.248. The van der Waals surface area contributed by atoms with Crippen LogP contribution in [0.15, 0.2) is 36.8 Å². The third-order valence-electron chi connectivity index (χ3n) is 5.95. The summed E-state index contributed by atoms with van der Waals surface area (Å²) in [6.45, 7) is 5.33. The van der Waals surface area contributed by atoms with E-state index in [0.717, 1.165) is 22.6 Å². The van der Waals surface area contributed by atoms with Crippen molar-refractivity contribution in [3.63, 3.8) is 0 Å². The summed E-state index contributed by atoms with van der Waals surface area (Å²) in [4.78, 5) is 0. The molecule has 1 aromatic carbocycles. The molecule has 0 amide bonds. The summed E-state index contributed by atoms with van der Waals surface area (Å²) in [6.07, 6.45) is 3.42. The maximum Gasteiger partial charge on any atom is 0.171 e. The molecule has 2 aliphatic rings. The zero-order valence-electron chi connectivity index (χ0n) is 17.2. The second kappa shape index (κ2) is 6.69. The number of nitrogens with one attached hydrogen (secondary N) is 1. The van der Waals surface area contributed by atoms with Crippen molar-refractivity contribution in [2.45, 2.75) is 32.4 Å². The molecular formula is C22H21FN6O2. The molecule has 0 fully saturated rings. The largest absolute Gasteiger partial charge is 0.493 e. The molecule has 2 aliphatic heterocycles. The number of hydrogen-bond donors (Lipinski definition) is 1. The Morgan fingerprint density at radius 1 is 1.16 bits per heavy atom. The number of hydrogen-bond acceptors (Lipinski definition) is 6. The second-order valence-corrected chi connectivity index (χ2v) is 8.16. The summed E-state index contributed by atoms with van der Waals surface area (Å²) in [5.41, 5.74) is 3.98. The Morgan fingerprint density at radius 3 is 2.84 bits per heavy atom. The Hall–Kier alpha value is -3.62. The molecule has 1 unspecified atom stereocenters. The molecule has 0 saturated heterocycles. The summed E-state index contributed by atoms with van der Waals surface area (Å²) < 4.78 is 30.6. The highest BCUT2D eigenvalue weighted by Crippen LogP contribution is 2.42. The zero-order valence-corrected chi connectivity index (χ0v) is 17.2. The summed E-state index contributed by atoms with van der Waals surface area (Å²) in [6, 6.07) is 7.26. The van der Waals surface area contributed by atoms with Gasteiger partial charge >= 0.3 is 0 Å². The number of nitrogens with zero attached hydrogens (tertiary/aromatic N) is 5. The van der Waals surface area contributed by atoms with Gasteiger partial charge in [0.1, 0.15) is 17.9 Å². The van der Waals surface area contributed by atoms with Crippen LogP contribution in [0.1, 0.15) is 36.9 Å².